The molecule has 0 aliphatic heterocycles. The molecule has 6 heteroatoms. The lowest BCUT2D eigenvalue weighted by Gasteiger charge is -2.07. The topological polar surface area (TPSA) is 44.9 Å². The Kier molecular flexibility index (Phi) is 3.13. The van der Waals surface area contributed by atoms with Crippen LogP contribution in [0.25, 0.3) is 10.9 Å². The Morgan fingerprint density at radius 1 is 1.05 bits per heavy atom. The maximum absolute atomic E-state index is 13.1. The minimum atomic E-state index is -1.57. The van der Waals surface area contributed by atoms with Crippen molar-refractivity contribution >= 4 is 22.5 Å². The second-order valence-corrected chi connectivity index (χ2v) is 4.45. The third-order valence-corrected chi connectivity index (χ3v) is 3.08. The summed E-state index contributed by atoms with van der Waals surface area (Å²) in [4.78, 5) is 15.1. The molecule has 0 unspecified atom stereocenters. The number of carbonyl (C=O) groups is 1. The number of aromatic nitrogens is 1. The number of hydrogen-bond donors (Lipinski definition) is 2. The smallest absolute Gasteiger partial charge is 0.256 e. The van der Waals surface area contributed by atoms with E-state index >= 15 is 0 Å². The Balaban J connectivity index is 1.95. The summed E-state index contributed by atoms with van der Waals surface area (Å²) in [6.45, 7) is 0. The van der Waals surface area contributed by atoms with Crippen LogP contribution in [-0.4, -0.2) is 10.9 Å². The van der Waals surface area contributed by atoms with Gasteiger partial charge in [0.15, 0.2) is 17.5 Å². The molecule has 106 valence electrons. The van der Waals surface area contributed by atoms with Gasteiger partial charge >= 0.3 is 0 Å². The predicted octanol–water partition coefficient (Wildman–Crippen LogP) is 3.84. The molecule has 3 nitrogen and oxygen atoms in total. The van der Waals surface area contributed by atoms with Gasteiger partial charge in [-0.1, -0.05) is 6.07 Å². The first-order valence-electron chi connectivity index (χ1n) is 6.08. The molecule has 1 aromatic heterocycles. The maximum atomic E-state index is 13.1. The Hall–Kier alpha value is -2.76. The molecule has 0 saturated carbocycles. The Morgan fingerprint density at radius 2 is 1.76 bits per heavy atom. The van der Waals surface area contributed by atoms with Gasteiger partial charge in [-0.3, -0.25) is 4.79 Å². The summed E-state index contributed by atoms with van der Waals surface area (Å²) in [6, 6.07) is 8.24. The monoisotopic (exact) mass is 290 g/mol. The number of amides is 1. The van der Waals surface area contributed by atoms with Gasteiger partial charge in [0.1, 0.15) is 0 Å². The van der Waals surface area contributed by atoms with Gasteiger partial charge in [-0.25, -0.2) is 13.2 Å². The molecule has 1 heterocycles. The van der Waals surface area contributed by atoms with E-state index in [0.717, 1.165) is 17.6 Å². The van der Waals surface area contributed by atoms with Gasteiger partial charge < -0.3 is 10.3 Å². The first-order chi connectivity index (χ1) is 10.1. The van der Waals surface area contributed by atoms with Gasteiger partial charge in [0.05, 0.1) is 0 Å². The molecule has 0 saturated heterocycles. The van der Waals surface area contributed by atoms with Crippen LogP contribution in [0.5, 0.6) is 0 Å². The number of fused-ring (bicyclic) bond motifs is 1. The summed E-state index contributed by atoms with van der Waals surface area (Å²) in [7, 11) is 0. The van der Waals surface area contributed by atoms with Crippen molar-refractivity contribution in [2.75, 3.05) is 5.32 Å². The van der Waals surface area contributed by atoms with E-state index in [-0.39, 0.29) is 5.69 Å². The van der Waals surface area contributed by atoms with Gasteiger partial charge in [0.2, 0.25) is 0 Å². The van der Waals surface area contributed by atoms with Crippen molar-refractivity contribution in [3.05, 3.63) is 65.6 Å². The lowest BCUT2D eigenvalue weighted by atomic mass is 10.1. The standard InChI is InChI=1S/C15H9F3N2O/c16-11-6-8(7-12(17)14(11)18)20-15(21)10-2-1-3-13-9(10)4-5-19-13/h1-7,19H,(H,20,21). The Bertz CT molecular complexity index is 819. The fraction of sp³-hybridized carbons (Fsp3) is 0. The second-order valence-electron chi connectivity index (χ2n) is 4.45. The molecule has 2 aromatic carbocycles. The number of nitrogens with one attached hydrogen (secondary N) is 2. The molecule has 1 amide bonds. The highest BCUT2D eigenvalue weighted by molar-refractivity contribution is 6.12. The number of anilines is 1. The van der Waals surface area contributed by atoms with E-state index in [1.807, 2.05) is 0 Å². The summed E-state index contributed by atoms with van der Waals surface area (Å²) in [5.41, 5.74) is 0.960. The van der Waals surface area contributed by atoms with Crippen molar-refractivity contribution in [2.24, 2.45) is 0 Å². The normalized spacial score (nSPS) is 10.8. The average molecular weight is 290 g/mol. The van der Waals surface area contributed by atoms with Crippen molar-refractivity contribution in [1.29, 1.82) is 0 Å². The number of benzene rings is 2. The lowest BCUT2D eigenvalue weighted by Crippen LogP contribution is -2.13. The molecule has 0 aliphatic carbocycles. The van der Waals surface area contributed by atoms with Gasteiger partial charge in [-0.2, -0.15) is 0 Å². The highest BCUT2D eigenvalue weighted by Gasteiger charge is 2.14. The molecule has 0 spiro atoms. The third kappa shape index (κ3) is 2.35. The quantitative estimate of drug-likeness (QED) is 0.692. The third-order valence-electron chi connectivity index (χ3n) is 3.08. The number of hydrogen-bond acceptors (Lipinski definition) is 1. The van der Waals surface area contributed by atoms with Crippen molar-refractivity contribution < 1.29 is 18.0 Å². The van der Waals surface area contributed by atoms with Crippen LogP contribution in [0, 0.1) is 17.5 Å². The van der Waals surface area contributed by atoms with E-state index < -0.39 is 23.4 Å². The molecule has 0 fully saturated rings. The zero-order valence-corrected chi connectivity index (χ0v) is 10.6. The average Bonchev–Trinajstić information content (AvgIpc) is 2.92. The summed E-state index contributed by atoms with van der Waals surface area (Å²) < 4.78 is 39.1. The van der Waals surface area contributed by atoms with E-state index in [1.165, 1.54) is 0 Å². The largest absolute Gasteiger partial charge is 0.361 e. The Labute approximate surface area is 117 Å². The van der Waals surface area contributed by atoms with E-state index in [0.29, 0.717) is 10.9 Å². The van der Waals surface area contributed by atoms with E-state index in [4.69, 9.17) is 0 Å². The molecule has 3 aromatic rings. The van der Waals surface area contributed by atoms with Crippen molar-refractivity contribution in [3.63, 3.8) is 0 Å². The van der Waals surface area contributed by atoms with Crippen molar-refractivity contribution in [2.45, 2.75) is 0 Å². The summed E-state index contributed by atoms with van der Waals surface area (Å²) in [5, 5.41) is 3.03. The number of aromatic amines is 1. The van der Waals surface area contributed by atoms with E-state index in [9.17, 15) is 18.0 Å². The predicted molar refractivity (Wildman–Crippen MR) is 72.6 cm³/mol. The van der Waals surface area contributed by atoms with E-state index in [1.54, 1.807) is 30.5 Å². The van der Waals surface area contributed by atoms with Crippen LogP contribution in [-0.2, 0) is 0 Å². The first kappa shape index (κ1) is 13.2. The molecule has 0 aliphatic rings. The van der Waals surface area contributed by atoms with Crippen LogP contribution < -0.4 is 5.32 Å². The van der Waals surface area contributed by atoms with Gasteiger partial charge in [-0.15, -0.1) is 0 Å². The highest BCUT2D eigenvalue weighted by Crippen LogP contribution is 2.21. The van der Waals surface area contributed by atoms with Gasteiger partial charge in [-0.05, 0) is 18.2 Å². The minimum absolute atomic E-state index is 0.149. The SMILES string of the molecule is O=C(Nc1cc(F)c(F)c(F)c1)c1cccc2[nH]ccc12. The van der Waals surface area contributed by atoms with Crippen LogP contribution in [0.3, 0.4) is 0 Å². The Morgan fingerprint density at radius 3 is 2.48 bits per heavy atom. The molecule has 0 radical (unpaired) electrons. The summed E-state index contributed by atoms with van der Waals surface area (Å²) in [6.07, 6.45) is 1.68. The number of rotatable bonds is 2. The molecular weight excluding hydrogens is 281 g/mol. The van der Waals surface area contributed by atoms with Crippen molar-refractivity contribution in [3.8, 4) is 0 Å². The molecule has 21 heavy (non-hydrogen) atoms. The van der Waals surface area contributed by atoms with Crippen LogP contribution >= 0.6 is 0 Å². The molecule has 3 rings (SSSR count). The molecule has 0 bridgehead atoms. The van der Waals surface area contributed by atoms with Crippen LogP contribution in [0.15, 0.2) is 42.6 Å². The summed E-state index contributed by atoms with van der Waals surface area (Å²) in [5.74, 6) is -4.82. The molecule has 0 atom stereocenters. The summed E-state index contributed by atoms with van der Waals surface area (Å²) >= 11 is 0. The number of halogens is 3. The number of carbonyl (C=O) groups excluding carboxylic acids is 1. The van der Waals surface area contributed by atoms with Crippen LogP contribution in [0.2, 0.25) is 0 Å². The molecule has 2 N–H and O–H groups in total. The zero-order valence-electron chi connectivity index (χ0n) is 10.6. The fourth-order valence-electron chi connectivity index (χ4n) is 2.11. The van der Waals surface area contributed by atoms with Gasteiger partial charge in [0.25, 0.3) is 5.91 Å². The van der Waals surface area contributed by atoms with Crippen molar-refractivity contribution in [1.82, 2.24) is 4.98 Å². The maximum Gasteiger partial charge on any atom is 0.256 e. The zero-order chi connectivity index (χ0) is 15.0. The van der Waals surface area contributed by atoms with Crippen LogP contribution in [0.4, 0.5) is 18.9 Å². The number of H-pyrrole nitrogens is 1. The second kappa shape index (κ2) is 4.97. The van der Waals surface area contributed by atoms with E-state index in [2.05, 4.69) is 10.3 Å². The highest BCUT2D eigenvalue weighted by atomic mass is 19.2. The minimum Gasteiger partial charge on any atom is -0.361 e. The molecular formula is C15H9F3N2O. The lowest BCUT2D eigenvalue weighted by molar-refractivity contribution is 0.102. The first-order valence-corrected chi connectivity index (χ1v) is 6.08. The van der Waals surface area contributed by atoms with Crippen LogP contribution in [0.1, 0.15) is 10.4 Å². The fourth-order valence-corrected chi connectivity index (χ4v) is 2.11. The van der Waals surface area contributed by atoms with Gasteiger partial charge in [0, 0.05) is 40.5 Å².